The summed E-state index contributed by atoms with van der Waals surface area (Å²) in [5.74, 6) is -9.15. The van der Waals surface area contributed by atoms with Gasteiger partial charge in [-0.15, -0.1) is 6.58 Å². The molecule has 1 aliphatic rings. The highest BCUT2D eigenvalue weighted by Gasteiger charge is 2.46. The molecule has 0 spiro atoms. The summed E-state index contributed by atoms with van der Waals surface area (Å²) in [5.41, 5.74) is 0. The average Bonchev–Trinajstić information content (AvgIpc) is 3.48. The first-order valence-corrected chi connectivity index (χ1v) is 31.6. The molecule has 23 nitrogen and oxygen atoms in total. The zero-order chi connectivity index (χ0) is 68.1. The summed E-state index contributed by atoms with van der Waals surface area (Å²) in [4.78, 5) is 170. The number of allylic oxidation sites excluding steroid dienone is 2. The Bertz CT molecular complexity index is 2410. The number of ether oxygens (including phenoxy) is 1. The molecule has 0 saturated carbocycles. The summed E-state index contributed by atoms with van der Waals surface area (Å²) in [6.07, 6.45) is 5.39. The fourth-order valence-electron chi connectivity index (χ4n) is 11.1. The molecule has 0 unspecified atom stereocenters. The number of carbonyl (C=O) groups excluding carboxylic acids is 11. The Morgan fingerprint density at radius 2 is 0.920 bits per heavy atom. The van der Waals surface area contributed by atoms with Gasteiger partial charge in [-0.2, -0.15) is 0 Å². The van der Waals surface area contributed by atoms with Gasteiger partial charge >= 0.3 is 0 Å². The van der Waals surface area contributed by atoms with E-state index in [-0.39, 0.29) is 62.4 Å². The van der Waals surface area contributed by atoms with Gasteiger partial charge in [-0.1, -0.05) is 115 Å². The lowest BCUT2D eigenvalue weighted by atomic mass is 9.91. The molecule has 1 saturated heterocycles. The van der Waals surface area contributed by atoms with Gasteiger partial charge in [-0.05, 0) is 101 Å². The second-order valence-corrected chi connectivity index (χ2v) is 26.7. The first kappa shape index (κ1) is 79.6. The molecule has 1 heterocycles. The summed E-state index contributed by atoms with van der Waals surface area (Å²) in [6.45, 7) is 33.6. The molecule has 0 aromatic rings. The average molecular weight is 1240 g/mol. The summed E-state index contributed by atoms with van der Waals surface area (Å²) < 4.78 is 6.39. The van der Waals surface area contributed by atoms with Crippen LogP contribution in [0.25, 0.3) is 0 Å². The molecular formula is C65H115N11O12. The fraction of sp³-hybridized carbons (Fsp3) is 0.769. The van der Waals surface area contributed by atoms with Gasteiger partial charge in [0.05, 0.1) is 19.3 Å². The maximum Gasteiger partial charge on any atom is 0.246 e. The van der Waals surface area contributed by atoms with Crippen molar-refractivity contribution >= 4 is 65.0 Å². The van der Waals surface area contributed by atoms with Crippen molar-refractivity contribution in [1.82, 2.24) is 55.6 Å². The van der Waals surface area contributed by atoms with E-state index in [2.05, 4.69) is 27.8 Å². The number of hydrogen-bond donors (Lipinski definition) is 4. The normalized spacial score (nSPS) is 26.3. The summed E-state index contributed by atoms with van der Waals surface area (Å²) in [6, 6.07) is -12.0. The molecule has 0 bridgehead atoms. The van der Waals surface area contributed by atoms with Crippen molar-refractivity contribution in [2.45, 2.75) is 223 Å². The Morgan fingerprint density at radius 1 is 0.489 bits per heavy atom. The molecule has 1 aliphatic heterocycles. The molecular weight excluding hydrogens is 1130 g/mol. The third-order valence-corrected chi connectivity index (χ3v) is 16.4. The van der Waals surface area contributed by atoms with E-state index in [1.807, 2.05) is 81.4 Å². The minimum absolute atomic E-state index is 0.0156. The Kier molecular flexibility index (Phi) is 33.4. The van der Waals surface area contributed by atoms with Crippen LogP contribution in [0.2, 0.25) is 0 Å². The summed E-state index contributed by atoms with van der Waals surface area (Å²) in [5, 5.41) is 11.1. The van der Waals surface area contributed by atoms with Crippen LogP contribution in [0.4, 0.5) is 0 Å². The van der Waals surface area contributed by atoms with Gasteiger partial charge in [0.15, 0.2) is 0 Å². The first-order chi connectivity index (χ1) is 40.7. The lowest BCUT2D eigenvalue weighted by Crippen LogP contribution is -2.64. The molecule has 11 amide bonds. The predicted octanol–water partition coefficient (Wildman–Crippen LogP) is 4.48. The van der Waals surface area contributed by atoms with Crippen molar-refractivity contribution in [3.05, 3.63) is 24.8 Å². The molecule has 23 heteroatoms. The highest BCUT2D eigenvalue weighted by molar-refractivity contribution is 5.99. The van der Waals surface area contributed by atoms with Gasteiger partial charge in [-0.25, -0.2) is 0 Å². The van der Waals surface area contributed by atoms with Gasteiger partial charge in [0, 0.05) is 49.3 Å². The lowest BCUT2D eigenvalue weighted by Gasteiger charge is -2.42. The van der Waals surface area contributed by atoms with E-state index in [1.165, 1.54) is 98.7 Å². The van der Waals surface area contributed by atoms with E-state index in [0.29, 0.717) is 6.42 Å². The standard InChI is InChI=1S/C65H115N11O12/c1-26-29-30-43(16)55(88-31-27-2)54-59(81)68-46(28-3)61(83)70(19)36-51(77)71(20)47(32-37(4)5)58(80)69-52(41(12)13)64(86)72(21)48(33-38(6)7)57(79)66-44(17)56(78)67-45(18)60(82)73(22)49(34-39(8)9)62(84)74(23)50(35-40(10)11)63(85)75(24)53(42(14)15)65(87)76(54)25/h26-27,29,37-50,52-55H,2,28,30-36H2,1,3-25H3,(H,66,79)(H,67,78)(H,68,81)(H,69,80)/b29-26+/t43-,44-,45+,46-,47+,48-,49-,50-,52-,53-,54-,55-/m1/s1. The minimum atomic E-state index is -1.42. The van der Waals surface area contributed by atoms with E-state index in [4.69, 9.17) is 4.74 Å². The Labute approximate surface area is 527 Å². The van der Waals surface area contributed by atoms with Crippen LogP contribution in [-0.4, -0.2) is 228 Å². The number of hydrogen-bond acceptors (Lipinski definition) is 12. The van der Waals surface area contributed by atoms with Crippen LogP contribution in [-0.2, 0) is 57.5 Å². The monoisotopic (exact) mass is 1240 g/mol. The van der Waals surface area contributed by atoms with Crippen LogP contribution in [0.3, 0.4) is 0 Å². The van der Waals surface area contributed by atoms with Gasteiger partial charge in [0.1, 0.15) is 60.4 Å². The topological polar surface area (TPSA) is 268 Å². The highest BCUT2D eigenvalue weighted by atomic mass is 16.5. The van der Waals surface area contributed by atoms with Gasteiger partial charge in [-0.3, -0.25) is 52.7 Å². The van der Waals surface area contributed by atoms with E-state index in [0.717, 1.165) is 4.90 Å². The molecule has 1 rings (SSSR count). The number of amides is 11. The van der Waals surface area contributed by atoms with Crippen molar-refractivity contribution in [3.63, 3.8) is 0 Å². The van der Waals surface area contributed by atoms with E-state index in [1.54, 1.807) is 34.6 Å². The molecule has 0 aromatic heterocycles. The number of likely N-dealkylation sites (N-methyl/N-ethyl adjacent to an activating group) is 7. The van der Waals surface area contributed by atoms with Crippen molar-refractivity contribution in [3.8, 4) is 0 Å². The molecule has 1 fully saturated rings. The van der Waals surface area contributed by atoms with Crippen molar-refractivity contribution in [2.24, 2.45) is 41.4 Å². The molecule has 0 aliphatic carbocycles. The van der Waals surface area contributed by atoms with Gasteiger partial charge in [0.25, 0.3) is 0 Å². The molecule has 88 heavy (non-hydrogen) atoms. The second kappa shape index (κ2) is 36.9. The Morgan fingerprint density at radius 3 is 1.38 bits per heavy atom. The maximum atomic E-state index is 15.4. The largest absolute Gasteiger partial charge is 0.371 e. The van der Waals surface area contributed by atoms with Crippen molar-refractivity contribution < 1.29 is 57.5 Å². The molecule has 502 valence electrons. The van der Waals surface area contributed by atoms with Crippen molar-refractivity contribution in [1.29, 1.82) is 0 Å². The maximum absolute atomic E-state index is 15.4. The molecule has 0 aromatic carbocycles. The smallest absolute Gasteiger partial charge is 0.246 e. The Hall–Kier alpha value is -6.39. The van der Waals surface area contributed by atoms with Crippen LogP contribution in [0.1, 0.15) is 156 Å². The van der Waals surface area contributed by atoms with Crippen molar-refractivity contribution in [2.75, 3.05) is 62.5 Å². The first-order valence-electron chi connectivity index (χ1n) is 31.6. The summed E-state index contributed by atoms with van der Waals surface area (Å²) >= 11 is 0. The van der Waals surface area contributed by atoms with Crippen LogP contribution in [0, 0.1) is 41.4 Å². The molecule has 0 radical (unpaired) electrons. The van der Waals surface area contributed by atoms with Gasteiger partial charge in [0.2, 0.25) is 65.0 Å². The Balaban J connectivity index is 4.42. The highest BCUT2D eigenvalue weighted by Crippen LogP contribution is 2.27. The molecule has 12 atom stereocenters. The van der Waals surface area contributed by atoms with Gasteiger partial charge < -0.3 is 60.3 Å². The number of carbonyl (C=O) groups is 11. The number of rotatable bonds is 18. The quantitative estimate of drug-likeness (QED) is 0.139. The number of nitrogens with zero attached hydrogens (tertiary/aromatic N) is 7. The third kappa shape index (κ3) is 22.6. The van der Waals surface area contributed by atoms with E-state index >= 15 is 19.2 Å². The minimum Gasteiger partial charge on any atom is -0.371 e. The third-order valence-electron chi connectivity index (χ3n) is 16.4. The molecule has 4 N–H and O–H groups in total. The zero-order valence-electron chi connectivity index (χ0n) is 58.0. The SMILES string of the molecule is C=CCO[C@H]([C@H](C)C/C=C/C)[C@@H]1C(=O)N[C@H](CC)C(=O)N(C)CC(=O)N(C)[C@@H](CC(C)C)C(=O)N[C@H](C(C)C)C(=O)N(C)[C@H](CC(C)C)C(=O)N[C@H](C)C(=O)N[C@@H](C)C(=O)N(C)[C@H](CC(C)C)C(=O)N(C)[C@H](CC(C)C)C(=O)N(C)[C@H](C(C)C)C(=O)N1C. The van der Waals surface area contributed by atoms with Crippen LogP contribution in [0.5, 0.6) is 0 Å². The van der Waals surface area contributed by atoms with E-state index in [9.17, 15) is 33.6 Å². The van der Waals surface area contributed by atoms with Crippen LogP contribution < -0.4 is 21.3 Å². The number of nitrogens with one attached hydrogen (secondary N) is 4. The van der Waals surface area contributed by atoms with Crippen LogP contribution in [0.15, 0.2) is 24.8 Å². The zero-order valence-corrected chi connectivity index (χ0v) is 58.0. The predicted molar refractivity (Wildman–Crippen MR) is 342 cm³/mol. The summed E-state index contributed by atoms with van der Waals surface area (Å²) in [7, 11) is 10.1. The fourth-order valence-corrected chi connectivity index (χ4v) is 11.1. The second-order valence-electron chi connectivity index (χ2n) is 26.7. The van der Waals surface area contributed by atoms with Crippen LogP contribution >= 0.6 is 0 Å². The van der Waals surface area contributed by atoms with E-state index < -0.39 is 156 Å². The lowest BCUT2D eigenvalue weighted by molar-refractivity contribution is -0.158.